The Kier molecular flexibility index (Phi) is 5.64. The molecule has 0 fully saturated rings. The summed E-state index contributed by atoms with van der Waals surface area (Å²) in [6.45, 7) is 2.23. The van der Waals surface area contributed by atoms with Gasteiger partial charge in [0.2, 0.25) is 0 Å². The van der Waals surface area contributed by atoms with Crippen LogP contribution in [0.25, 0.3) is 0 Å². The Labute approximate surface area is 102 Å². The van der Waals surface area contributed by atoms with Crippen molar-refractivity contribution in [3.8, 4) is 0 Å². The van der Waals surface area contributed by atoms with Crippen molar-refractivity contribution < 1.29 is 9.50 Å². The summed E-state index contributed by atoms with van der Waals surface area (Å²) in [6, 6.07) is 4.96. The maximum Gasteiger partial charge on any atom is 0.127 e. The van der Waals surface area contributed by atoms with Crippen LogP contribution >= 0.6 is 27.7 Å². The molecule has 1 aromatic rings. The average Bonchev–Trinajstić information content (AvgIpc) is 2.20. The number of benzene rings is 1. The molecular formula is C11H14BrFOS. The summed E-state index contributed by atoms with van der Waals surface area (Å²) in [4.78, 5) is 0. The van der Waals surface area contributed by atoms with Gasteiger partial charge in [-0.25, -0.2) is 4.39 Å². The summed E-state index contributed by atoms with van der Waals surface area (Å²) in [5, 5.41) is 9.09. The van der Waals surface area contributed by atoms with Crippen LogP contribution in [0.2, 0.25) is 0 Å². The van der Waals surface area contributed by atoms with Gasteiger partial charge in [-0.15, -0.1) is 0 Å². The number of halogens is 2. The maximum atomic E-state index is 13.3. The van der Waals surface area contributed by atoms with Gasteiger partial charge in [-0.3, -0.25) is 0 Å². The first-order valence-corrected chi connectivity index (χ1v) is 6.64. The van der Waals surface area contributed by atoms with Gasteiger partial charge in [0, 0.05) is 22.1 Å². The Morgan fingerprint density at radius 2 is 2.27 bits per heavy atom. The lowest BCUT2D eigenvalue weighted by atomic mass is 10.2. The lowest BCUT2D eigenvalue weighted by molar-refractivity contribution is 0.289. The smallest absolute Gasteiger partial charge is 0.127 e. The molecule has 15 heavy (non-hydrogen) atoms. The highest BCUT2D eigenvalue weighted by atomic mass is 79.9. The van der Waals surface area contributed by atoms with E-state index >= 15 is 0 Å². The zero-order valence-corrected chi connectivity index (χ0v) is 10.9. The van der Waals surface area contributed by atoms with Gasteiger partial charge >= 0.3 is 0 Å². The Hall–Kier alpha value is -0.0600. The van der Waals surface area contributed by atoms with E-state index < -0.39 is 0 Å². The second-order valence-electron chi connectivity index (χ2n) is 3.37. The molecule has 0 spiro atoms. The minimum Gasteiger partial charge on any atom is -0.396 e. The Balaban J connectivity index is 2.53. The van der Waals surface area contributed by atoms with Gasteiger partial charge in [0.25, 0.3) is 0 Å². The molecule has 0 aliphatic rings. The third kappa shape index (κ3) is 4.53. The van der Waals surface area contributed by atoms with Crippen LogP contribution in [-0.4, -0.2) is 17.0 Å². The summed E-state index contributed by atoms with van der Waals surface area (Å²) < 4.78 is 14.2. The fraction of sp³-hybridized carbons (Fsp3) is 0.455. The summed E-state index contributed by atoms with van der Waals surface area (Å²) >= 11 is 4.97. The second-order valence-corrected chi connectivity index (χ2v) is 5.71. The lowest BCUT2D eigenvalue weighted by Crippen LogP contribution is -2.00. The normalized spacial score (nSPS) is 12.8. The Morgan fingerprint density at radius 3 is 2.93 bits per heavy atom. The van der Waals surface area contributed by atoms with Crippen molar-refractivity contribution in [3.05, 3.63) is 34.1 Å². The van der Waals surface area contributed by atoms with Crippen molar-refractivity contribution in [2.75, 3.05) is 6.61 Å². The highest BCUT2D eigenvalue weighted by Gasteiger charge is 2.06. The number of rotatable bonds is 5. The molecule has 1 rings (SSSR count). The molecule has 0 aliphatic carbocycles. The summed E-state index contributed by atoms with van der Waals surface area (Å²) in [5.74, 6) is 0.480. The van der Waals surface area contributed by atoms with E-state index in [0.717, 1.165) is 10.9 Å². The van der Waals surface area contributed by atoms with E-state index in [-0.39, 0.29) is 12.4 Å². The number of aliphatic hydroxyl groups excluding tert-OH is 1. The summed E-state index contributed by atoms with van der Waals surface area (Å²) in [7, 11) is 0. The lowest BCUT2D eigenvalue weighted by Gasteiger charge is -2.09. The predicted octanol–water partition coefficient (Wildman–Crippen LogP) is 3.59. The van der Waals surface area contributed by atoms with E-state index in [1.165, 1.54) is 6.07 Å². The van der Waals surface area contributed by atoms with Gasteiger partial charge in [0.15, 0.2) is 0 Å². The van der Waals surface area contributed by atoms with Gasteiger partial charge < -0.3 is 5.11 Å². The molecule has 0 radical (unpaired) electrons. The third-order valence-corrected chi connectivity index (χ3v) is 3.84. The van der Waals surface area contributed by atoms with Crippen LogP contribution in [0.3, 0.4) is 0 Å². The molecule has 1 unspecified atom stereocenters. The highest BCUT2D eigenvalue weighted by molar-refractivity contribution is 9.10. The minimum absolute atomic E-state index is 0.165. The molecule has 1 nitrogen and oxygen atoms in total. The zero-order valence-electron chi connectivity index (χ0n) is 8.54. The van der Waals surface area contributed by atoms with Crippen LogP contribution in [0.4, 0.5) is 4.39 Å². The first-order chi connectivity index (χ1) is 7.13. The molecule has 0 bridgehead atoms. The van der Waals surface area contributed by atoms with E-state index in [0.29, 0.717) is 16.6 Å². The largest absolute Gasteiger partial charge is 0.396 e. The van der Waals surface area contributed by atoms with Crippen molar-refractivity contribution in [1.82, 2.24) is 0 Å². The molecule has 4 heteroatoms. The van der Waals surface area contributed by atoms with E-state index in [4.69, 9.17) is 5.11 Å². The van der Waals surface area contributed by atoms with Gasteiger partial charge in [-0.1, -0.05) is 22.9 Å². The Morgan fingerprint density at radius 1 is 1.53 bits per heavy atom. The molecule has 1 atom stereocenters. The number of hydrogen-bond acceptors (Lipinski definition) is 2. The van der Waals surface area contributed by atoms with Crippen LogP contribution in [0, 0.1) is 5.82 Å². The topological polar surface area (TPSA) is 20.2 Å². The maximum absolute atomic E-state index is 13.3. The van der Waals surface area contributed by atoms with E-state index in [1.54, 1.807) is 23.9 Å². The van der Waals surface area contributed by atoms with Gasteiger partial charge in [0.05, 0.1) is 0 Å². The van der Waals surface area contributed by atoms with E-state index in [1.807, 2.05) is 6.92 Å². The van der Waals surface area contributed by atoms with Gasteiger partial charge in [0.1, 0.15) is 5.82 Å². The molecule has 1 aromatic carbocycles. The molecule has 0 saturated heterocycles. The van der Waals surface area contributed by atoms with Crippen LogP contribution in [-0.2, 0) is 5.75 Å². The third-order valence-electron chi connectivity index (χ3n) is 2.07. The van der Waals surface area contributed by atoms with E-state index in [2.05, 4.69) is 15.9 Å². The van der Waals surface area contributed by atoms with Crippen molar-refractivity contribution >= 4 is 27.7 Å². The quantitative estimate of drug-likeness (QED) is 0.895. The van der Waals surface area contributed by atoms with Crippen LogP contribution in [0.15, 0.2) is 22.7 Å². The number of hydrogen-bond donors (Lipinski definition) is 1. The van der Waals surface area contributed by atoms with Crippen LogP contribution in [0.5, 0.6) is 0 Å². The monoisotopic (exact) mass is 292 g/mol. The molecule has 0 heterocycles. The van der Waals surface area contributed by atoms with Crippen LogP contribution < -0.4 is 0 Å². The van der Waals surface area contributed by atoms with Crippen molar-refractivity contribution in [1.29, 1.82) is 0 Å². The Bertz CT molecular complexity index is 319. The van der Waals surface area contributed by atoms with Crippen molar-refractivity contribution in [3.63, 3.8) is 0 Å². The van der Waals surface area contributed by atoms with Crippen molar-refractivity contribution in [2.45, 2.75) is 24.3 Å². The molecule has 84 valence electrons. The molecule has 1 N–H and O–H groups in total. The first kappa shape index (κ1) is 13.0. The van der Waals surface area contributed by atoms with Gasteiger partial charge in [-0.2, -0.15) is 11.8 Å². The summed E-state index contributed by atoms with van der Waals surface area (Å²) in [6.07, 6.45) is 0.750. The molecule has 0 amide bonds. The first-order valence-electron chi connectivity index (χ1n) is 4.80. The fourth-order valence-electron chi connectivity index (χ4n) is 1.15. The predicted molar refractivity (Wildman–Crippen MR) is 66.6 cm³/mol. The zero-order chi connectivity index (χ0) is 11.3. The fourth-order valence-corrected chi connectivity index (χ4v) is 2.52. The molecule has 0 saturated carbocycles. The summed E-state index contributed by atoms with van der Waals surface area (Å²) in [5.41, 5.74) is 0.708. The second kappa shape index (κ2) is 6.51. The minimum atomic E-state index is -0.165. The van der Waals surface area contributed by atoms with Crippen LogP contribution in [0.1, 0.15) is 18.9 Å². The van der Waals surface area contributed by atoms with E-state index in [9.17, 15) is 4.39 Å². The number of thioether (sulfide) groups is 1. The molecule has 0 aliphatic heterocycles. The molecule has 0 aromatic heterocycles. The number of aliphatic hydroxyl groups is 1. The standard InChI is InChI=1S/C11H14BrFOS/c1-8(4-5-14)15-7-9-6-10(12)2-3-11(9)13/h2-3,6,8,14H,4-5,7H2,1H3. The van der Waals surface area contributed by atoms with Crippen molar-refractivity contribution in [2.24, 2.45) is 0 Å². The van der Waals surface area contributed by atoms with Gasteiger partial charge in [-0.05, 0) is 30.2 Å². The highest BCUT2D eigenvalue weighted by Crippen LogP contribution is 2.23. The molecular weight excluding hydrogens is 279 g/mol. The SMILES string of the molecule is CC(CCO)SCc1cc(Br)ccc1F. The average molecular weight is 293 g/mol.